The van der Waals surface area contributed by atoms with Gasteiger partial charge >= 0.3 is 0 Å². The third-order valence-electron chi connectivity index (χ3n) is 3.66. The van der Waals surface area contributed by atoms with Gasteiger partial charge in [0.2, 0.25) is 0 Å². The van der Waals surface area contributed by atoms with Gasteiger partial charge in [0.15, 0.2) is 5.78 Å². The van der Waals surface area contributed by atoms with Gasteiger partial charge in [-0.2, -0.15) is 0 Å². The summed E-state index contributed by atoms with van der Waals surface area (Å²) in [6.07, 6.45) is 0. The van der Waals surface area contributed by atoms with Crippen LogP contribution in [0, 0.1) is 10.1 Å². The highest BCUT2D eigenvalue weighted by atomic mass is 28.3. The summed E-state index contributed by atoms with van der Waals surface area (Å²) in [4.78, 5) is 22.1. The van der Waals surface area contributed by atoms with Crippen LogP contribution in [-0.2, 0) is 0 Å². The van der Waals surface area contributed by atoms with E-state index in [2.05, 4.69) is 31.8 Å². The maximum atomic E-state index is 11.6. The van der Waals surface area contributed by atoms with Gasteiger partial charge < -0.3 is 0 Å². The number of benzene rings is 2. The highest BCUT2D eigenvalue weighted by molar-refractivity contribution is 6.88. The van der Waals surface area contributed by atoms with Gasteiger partial charge in [-0.1, -0.05) is 49.1 Å². The molecule has 0 heterocycles. The number of hydrogen-bond donors (Lipinski definition) is 0. The summed E-state index contributed by atoms with van der Waals surface area (Å²) < 4.78 is 0. The number of carbonyl (C=O) groups is 1. The van der Waals surface area contributed by atoms with Crippen LogP contribution in [0.3, 0.4) is 0 Å². The lowest BCUT2D eigenvalue weighted by atomic mass is 10.0. The highest BCUT2D eigenvalue weighted by Crippen LogP contribution is 2.27. The average Bonchev–Trinajstić information content (AvgIpc) is 2.45. The Morgan fingerprint density at radius 3 is 2.00 bits per heavy atom. The molecule has 0 aliphatic rings. The zero-order valence-corrected chi connectivity index (χ0v) is 14.2. The van der Waals surface area contributed by atoms with Crippen LogP contribution in [0.15, 0.2) is 42.5 Å². The molecular weight excluding hydrogens is 294 g/mol. The molecule has 0 atom stereocenters. The number of ketones is 1. The van der Waals surface area contributed by atoms with Crippen molar-refractivity contribution >= 4 is 24.7 Å². The fourth-order valence-electron chi connectivity index (χ4n) is 2.32. The van der Waals surface area contributed by atoms with Crippen molar-refractivity contribution in [3.05, 3.63) is 58.1 Å². The predicted molar refractivity (Wildman–Crippen MR) is 91.5 cm³/mol. The number of nitrogens with zero attached hydrogens (tertiary/aromatic N) is 1. The second kappa shape index (κ2) is 5.85. The monoisotopic (exact) mass is 313 g/mol. The van der Waals surface area contributed by atoms with Gasteiger partial charge in [-0.05, 0) is 30.2 Å². The van der Waals surface area contributed by atoms with Gasteiger partial charge in [0.1, 0.15) is 0 Å². The average molecular weight is 313 g/mol. The number of carbonyl (C=O) groups excluding carboxylic acids is 1. The topological polar surface area (TPSA) is 60.2 Å². The van der Waals surface area contributed by atoms with Gasteiger partial charge in [0.25, 0.3) is 5.69 Å². The SMILES string of the molecule is CC(=O)c1cc(-c2ccc([Si](C)(C)C)cc2)ccc1[N+](=O)[O-]. The lowest BCUT2D eigenvalue weighted by molar-refractivity contribution is -0.385. The van der Waals surface area contributed by atoms with E-state index in [-0.39, 0.29) is 17.0 Å². The van der Waals surface area contributed by atoms with Crippen molar-refractivity contribution in [1.29, 1.82) is 0 Å². The van der Waals surface area contributed by atoms with Crippen LogP contribution in [-0.4, -0.2) is 18.8 Å². The maximum absolute atomic E-state index is 11.6. The van der Waals surface area contributed by atoms with Gasteiger partial charge in [-0.25, -0.2) is 0 Å². The van der Waals surface area contributed by atoms with Crippen LogP contribution in [0.5, 0.6) is 0 Å². The Bertz CT molecular complexity index is 731. The van der Waals surface area contributed by atoms with Crippen molar-refractivity contribution in [1.82, 2.24) is 0 Å². The first-order valence-electron chi connectivity index (χ1n) is 7.10. The van der Waals surface area contributed by atoms with E-state index in [9.17, 15) is 14.9 Å². The number of nitro groups is 1. The normalized spacial score (nSPS) is 11.3. The van der Waals surface area contributed by atoms with Gasteiger partial charge in [0.05, 0.1) is 18.6 Å². The second-order valence-electron chi connectivity index (χ2n) is 6.37. The van der Waals surface area contributed by atoms with Crippen LogP contribution >= 0.6 is 0 Å². The van der Waals surface area contributed by atoms with Crippen molar-refractivity contribution in [2.75, 3.05) is 0 Å². The summed E-state index contributed by atoms with van der Waals surface area (Å²) in [6, 6.07) is 12.9. The van der Waals surface area contributed by atoms with E-state index in [0.29, 0.717) is 0 Å². The van der Waals surface area contributed by atoms with Crippen LogP contribution < -0.4 is 5.19 Å². The Hall–Kier alpha value is -2.27. The molecule has 0 saturated carbocycles. The second-order valence-corrected chi connectivity index (χ2v) is 11.4. The molecule has 4 nitrogen and oxygen atoms in total. The molecule has 0 unspecified atom stereocenters. The molecule has 2 rings (SSSR count). The Morgan fingerprint density at radius 1 is 1.00 bits per heavy atom. The first-order chi connectivity index (χ1) is 10.2. The van der Waals surface area contributed by atoms with Crippen LogP contribution in [0.2, 0.25) is 19.6 Å². The minimum atomic E-state index is -1.35. The van der Waals surface area contributed by atoms with Crippen LogP contribution in [0.4, 0.5) is 5.69 Å². The molecule has 0 aliphatic heterocycles. The summed E-state index contributed by atoms with van der Waals surface area (Å²) >= 11 is 0. The summed E-state index contributed by atoms with van der Waals surface area (Å²) in [6.45, 7) is 8.19. The number of hydrogen-bond acceptors (Lipinski definition) is 3. The van der Waals surface area contributed by atoms with Crippen molar-refractivity contribution in [3.63, 3.8) is 0 Å². The summed E-state index contributed by atoms with van der Waals surface area (Å²) in [5, 5.41) is 12.3. The number of Topliss-reactive ketones (excluding diaryl/α,β-unsaturated/α-hetero) is 1. The molecule has 114 valence electrons. The van der Waals surface area contributed by atoms with Gasteiger partial charge in [0, 0.05) is 6.07 Å². The Balaban J connectivity index is 2.47. The van der Waals surface area contributed by atoms with E-state index in [1.54, 1.807) is 12.1 Å². The zero-order chi connectivity index (χ0) is 16.5. The maximum Gasteiger partial charge on any atom is 0.280 e. The molecule has 5 heteroatoms. The Kier molecular flexibility index (Phi) is 4.28. The minimum Gasteiger partial charge on any atom is -0.294 e. The first kappa shape index (κ1) is 16.1. The molecule has 2 aromatic rings. The third-order valence-corrected chi connectivity index (χ3v) is 5.72. The molecule has 0 amide bonds. The van der Waals surface area contributed by atoms with Crippen molar-refractivity contribution in [2.24, 2.45) is 0 Å². The minimum absolute atomic E-state index is 0.144. The molecule has 0 bridgehead atoms. The third kappa shape index (κ3) is 3.31. The number of rotatable bonds is 4. The molecular formula is C17H19NO3Si. The molecule has 0 fully saturated rings. The molecule has 0 spiro atoms. The Morgan fingerprint density at radius 2 is 1.55 bits per heavy atom. The fraction of sp³-hybridized carbons (Fsp3) is 0.235. The Labute approximate surface area is 131 Å². The lowest BCUT2D eigenvalue weighted by Crippen LogP contribution is -2.37. The molecule has 0 aromatic heterocycles. The molecule has 22 heavy (non-hydrogen) atoms. The summed E-state index contributed by atoms with van der Waals surface area (Å²) in [7, 11) is -1.35. The zero-order valence-electron chi connectivity index (χ0n) is 13.2. The van der Waals surface area contributed by atoms with E-state index in [0.717, 1.165) is 11.1 Å². The smallest absolute Gasteiger partial charge is 0.280 e. The first-order valence-corrected chi connectivity index (χ1v) is 10.6. The van der Waals surface area contributed by atoms with Crippen molar-refractivity contribution in [3.8, 4) is 11.1 Å². The molecule has 0 aliphatic carbocycles. The van der Waals surface area contributed by atoms with Crippen LogP contribution in [0.1, 0.15) is 17.3 Å². The van der Waals surface area contributed by atoms with E-state index in [4.69, 9.17) is 0 Å². The molecule has 2 aromatic carbocycles. The fourth-order valence-corrected chi connectivity index (χ4v) is 3.49. The van der Waals surface area contributed by atoms with Crippen LogP contribution in [0.25, 0.3) is 11.1 Å². The van der Waals surface area contributed by atoms with E-state index >= 15 is 0 Å². The predicted octanol–water partition coefficient (Wildman–Crippen LogP) is 4.01. The largest absolute Gasteiger partial charge is 0.294 e. The van der Waals surface area contributed by atoms with Crippen molar-refractivity contribution < 1.29 is 9.72 Å². The molecule has 0 radical (unpaired) electrons. The van der Waals surface area contributed by atoms with Gasteiger partial charge in [-0.3, -0.25) is 14.9 Å². The molecule has 0 N–H and O–H groups in total. The quantitative estimate of drug-likeness (QED) is 0.371. The number of nitro benzene ring substituents is 1. The summed E-state index contributed by atoms with van der Waals surface area (Å²) in [5.41, 5.74) is 1.78. The lowest BCUT2D eigenvalue weighted by Gasteiger charge is -2.16. The molecule has 0 saturated heterocycles. The van der Waals surface area contributed by atoms with E-state index in [1.807, 2.05) is 12.1 Å². The standard InChI is InChI=1S/C17H19NO3Si/c1-12(19)16-11-14(7-10-17(16)18(20)21)13-5-8-15(9-6-13)22(2,3)4/h5-11H,1-4H3. The van der Waals surface area contributed by atoms with E-state index < -0.39 is 13.0 Å². The highest BCUT2D eigenvalue weighted by Gasteiger charge is 2.19. The summed E-state index contributed by atoms with van der Waals surface area (Å²) in [5.74, 6) is -0.299. The van der Waals surface area contributed by atoms with E-state index in [1.165, 1.54) is 18.2 Å². The van der Waals surface area contributed by atoms with Gasteiger partial charge in [-0.15, -0.1) is 0 Å². The van der Waals surface area contributed by atoms with Crippen molar-refractivity contribution in [2.45, 2.75) is 26.6 Å².